The molecule has 0 bridgehead atoms. The molecule has 1 amide bonds. The molecule has 0 saturated heterocycles. The molecule has 0 aromatic carbocycles. The molecule has 0 radical (unpaired) electrons. The van der Waals surface area contributed by atoms with Gasteiger partial charge in [0.05, 0.1) is 17.9 Å². The second-order valence-electron chi connectivity index (χ2n) is 10.00. The maximum absolute atomic E-state index is 13.8. The van der Waals surface area contributed by atoms with Crippen LogP contribution in [0.2, 0.25) is 0 Å². The zero-order chi connectivity index (χ0) is 25.0. The van der Waals surface area contributed by atoms with Gasteiger partial charge < -0.3 is 15.4 Å². The van der Waals surface area contributed by atoms with Crippen molar-refractivity contribution in [2.75, 3.05) is 11.9 Å². The monoisotopic (exact) mass is 507 g/mol. The van der Waals surface area contributed by atoms with E-state index in [2.05, 4.69) is 20.6 Å². The van der Waals surface area contributed by atoms with Crippen LogP contribution in [0.5, 0.6) is 0 Å². The molecule has 3 aromatic rings. The first-order chi connectivity index (χ1) is 17.4. The van der Waals surface area contributed by atoms with E-state index in [4.69, 9.17) is 4.74 Å². The van der Waals surface area contributed by atoms with Crippen molar-refractivity contribution in [2.45, 2.75) is 70.9 Å². The predicted molar refractivity (Wildman–Crippen MR) is 137 cm³/mol. The van der Waals surface area contributed by atoms with Crippen LogP contribution in [0.15, 0.2) is 17.2 Å². The molecule has 1 aliphatic heterocycles. The summed E-state index contributed by atoms with van der Waals surface area (Å²) < 4.78 is 6.94. The molecule has 36 heavy (non-hydrogen) atoms. The topological polar surface area (TPSA) is 115 Å². The third-order valence-electron chi connectivity index (χ3n) is 7.78. The number of nitrogens with one attached hydrogen (secondary N) is 2. The van der Waals surface area contributed by atoms with Crippen LogP contribution in [0.1, 0.15) is 71.9 Å². The van der Waals surface area contributed by atoms with Crippen molar-refractivity contribution < 1.29 is 14.3 Å². The van der Waals surface area contributed by atoms with Gasteiger partial charge in [-0.2, -0.15) is 0 Å². The lowest BCUT2D eigenvalue weighted by molar-refractivity contribution is -0.148. The summed E-state index contributed by atoms with van der Waals surface area (Å²) in [7, 11) is 0. The fourth-order valence-electron chi connectivity index (χ4n) is 6.13. The van der Waals surface area contributed by atoms with Gasteiger partial charge in [-0.1, -0.05) is 6.42 Å². The molecule has 9 nitrogen and oxygen atoms in total. The van der Waals surface area contributed by atoms with Crippen LogP contribution in [-0.4, -0.2) is 33.0 Å². The van der Waals surface area contributed by atoms with Crippen LogP contribution in [-0.2, 0) is 28.0 Å². The Morgan fingerprint density at radius 2 is 2.08 bits per heavy atom. The highest BCUT2D eigenvalue weighted by molar-refractivity contribution is 7.19. The zero-order valence-corrected chi connectivity index (χ0v) is 21.3. The van der Waals surface area contributed by atoms with Crippen LogP contribution in [0.25, 0.3) is 10.2 Å². The van der Waals surface area contributed by atoms with E-state index in [-0.39, 0.29) is 23.4 Å². The second kappa shape index (κ2) is 8.69. The largest absolute Gasteiger partial charge is 0.466 e. The van der Waals surface area contributed by atoms with E-state index < -0.39 is 5.66 Å². The van der Waals surface area contributed by atoms with Gasteiger partial charge in [-0.3, -0.25) is 19.0 Å². The van der Waals surface area contributed by atoms with Crippen LogP contribution < -0.4 is 16.2 Å². The molecule has 1 fully saturated rings. The molecular weight excluding hydrogens is 478 g/mol. The van der Waals surface area contributed by atoms with Crippen LogP contribution in [0.4, 0.5) is 11.5 Å². The van der Waals surface area contributed by atoms with Gasteiger partial charge in [0.15, 0.2) is 0 Å². The van der Waals surface area contributed by atoms with Crippen LogP contribution in [0.3, 0.4) is 0 Å². The molecule has 1 saturated carbocycles. The summed E-state index contributed by atoms with van der Waals surface area (Å²) in [5, 5.41) is 7.34. The van der Waals surface area contributed by atoms with Gasteiger partial charge >= 0.3 is 5.97 Å². The van der Waals surface area contributed by atoms with Gasteiger partial charge in [-0.15, -0.1) is 11.3 Å². The Balaban J connectivity index is 1.40. The maximum atomic E-state index is 13.8. The summed E-state index contributed by atoms with van der Waals surface area (Å²) in [4.78, 5) is 49.9. The Hall–Kier alpha value is -3.27. The van der Waals surface area contributed by atoms with Crippen LogP contribution >= 0.6 is 11.3 Å². The van der Waals surface area contributed by atoms with Crippen molar-refractivity contribution in [1.82, 2.24) is 19.9 Å². The average molecular weight is 508 g/mol. The number of carbonyl (C=O) groups is 2. The van der Waals surface area contributed by atoms with E-state index in [9.17, 15) is 14.4 Å². The first-order valence-electron chi connectivity index (χ1n) is 12.7. The first-order valence-corrected chi connectivity index (χ1v) is 13.5. The van der Waals surface area contributed by atoms with Gasteiger partial charge in [-0.25, -0.2) is 9.97 Å². The standard InChI is InChI=1S/C26H29N5O4S/c1-3-35-25(34)15-7-8-16-18(12-15)36-23-19(16)21(27-13-28-23)29-17-11-14(2)20-22(32)30-26(31(20)24(17)33)9-5-4-6-10-26/h11,13,15H,3-10,12H2,1-2H3,(H,30,32)(H,27,28,29)/t15-/m0/s1. The Kier molecular flexibility index (Phi) is 5.59. The smallest absolute Gasteiger partial charge is 0.309 e. The van der Waals surface area contributed by atoms with Crippen molar-refractivity contribution in [3.8, 4) is 0 Å². The third kappa shape index (κ3) is 3.53. The molecule has 0 unspecified atom stereocenters. The molecule has 188 valence electrons. The summed E-state index contributed by atoms with van der Waals surface area (Å²) in [6.45, 7) is 4.08. The Morgan fingerprint density at radius 3 is 2.86 bits per heavy atom. The number of amides is 1. The third-order valence-corrected chi connectivity index (χ3v) is 8.94. The quantitative estimate of drug-likeness (QED) is 0.514. The number of hydrogen-bond acceptors (Lipinski definition) is 8. The van der Waals surface area contributed by atoms with Crippen molar-refractivity contribution in [3.63, 3.8) is 0 Å². The lowest BCUT2D eigenvalue weighted by atomic mass is 9.88. The average Bonchev–Trinajstić information content (AvgIpc) is 3.38. The number of nitrogens with zero attached hydrogens (tertiary/aromatic N) is 3. The predicted octanol–water partition coefficient (Wildman–Crippen LogP) is 3.93. The highest BCUT2D eigenvalue weighted by Gasteiger charge is 2.45. The molecule has 3 aromatic heterocycles. The SMILES string of the molecule is CCOC(=O)[C@H]1CCc2c(sc3ncnc(Nc4cc(C)c5n(c4=O)C4(CCCCC4)NC5=O)c23)C1. The lowest BCUT2D eigenvalue weighted by Crippen LogP contribution is -2.48. The van der Waals surface area contributed by atoms with Crippen molar-refractivity contribution >= 4 is 44.9 Å². The number of pyridine rings is 1. The number of fused-ring (bicyclic) bond motifs is 5. The fourth-order valence-corrected chi connectivity index (χ4v) is 7.40. The molecule has 1 spiro atoms. The zero-order valence-electron chi connectivity index (χ0n) is 20.5. The summed E-state index contributed by atoms with van der Waals surface area (Å²) >= 11 is 1.57. The number of carbonyl (C=O) groups excluding carboxylic acids is 2. The Labute approximate surface area is 212 Å². The van der Waals surface area contributed by atoms with E-state index >= 15 is 0 Å². The number of esters is 1. The minimum atomic E-state index is -0.644. The van der Waals surface area contributed by atoms with E-state index in [0.29, 0.717) is 36.6 Å². The first kappa shape index (κ1) is 23.1. The number of aryl methyl sites for hydroxylation is 2. The molecule has 1 atom stereocenters. The minimum Gasteiger partial charge on any atom is -0.466 e. The molecule has 3 aliphatic rings. The van der Waals surface area contributed by atoms with E-state index in [1.807, 2.05) is 13.8 Å². The number of thiophene rings is 1. The fraction of sp³-hybridized carbons (Fsp3) is 0.500. The van der Waals surface area contributed by atoms with Crippen molar-refractivity contribution in [2.24, 2.45) is 5.92 Å². The number of rotatable bonds is 4. The maximum Gasteiger partial charge on any atom is 0.309 e. The number of anilines is 2. The summed E-state index contributed by atoms with van der Waals surface area (Å²) in [5.41, 5.74) is 1.89. The minimum absolute atomic E-state index is 0.143. The summed E-state index contributed by atoms with van der Waals surface area (Å²) in [6, 6.07) is 1.75. The molecule has 4 heterocycles. The normalized spacial score (nSPS) is 20.2. The highest BCUT2D eigenvalue weighted by atomic mass is 32.1. The Bertz CT molecular complexity index is 1450. The second-order valence-corrected chi connectivity index (χ2v) is 11.1. The molecular formula is C26H29N5O4S. The molecule has 2 N–H and O–H groups in total. The van der Waals surface area contributed by atoms with Gasteiger partial charge in [0, 0.05) is 4.88 Å². The van der Waals surface area contributed by atoms with Crippen molar-refractivity contribution in [1.29, 1.82) is 0 Å². The summed E-state index contributed by atoms with van der Waals surface area (Å²) in [6.07, 6.45) is 8.14. The molecule has 10 heteroatoms. The molecule has 2 aliphatic carbocycles. The van der Waals surface area contributed by atoms with Gasteiger partial charge in [0.25, 0.3) is 11.5 Å². The van der Waals surface area contributed by atoms with Gasteiger partial charge in [-0.05, 0) is 76.0 Å². The number of ether oxygens (including phenoxy) is 1. The summed E-state index contributed by atoms with van der Waals surface area (Å²) in [5.74, 6) is 0.117. The van der Waals surface area contributed by atoms with Crippen molar-refractivity contribution in [3.05, 3.63) is 44.4 Å². The Morgan fingerprint density at radius 1 is 1.28 bits per heavy atom. The number of hydrogen-bond donors (Lipinski definition) is 2. The van der Waals surface area contributed by atoms with Gasteiger partial charge in [0.2, 0.25) is 0 Å². The lowest BCUT2D eigenvalue weighted by Gasteiger charge is -2.35. The number of aromatic nitrogens is 3. The van der Waals surface area contributed by atoms with Crippen LogP contribution in [0, 0.1) is 12.8 Å². The van der Waals surface area contributed by atoms with E-state index in [0.717, 1.165) is 64.7 Å². The van der Waals surface area contributed by atoms with E-state index in [1.165, 1.54) is 6.33 Å². The van der Waals surface area contributed by atoms with Gasteiger partial charge in [0.1, 0.15) is 34.0 Å². The van der Waals surface area contributed by atoms with E-state index in [1.54, 1.807) is 22.0 Å². The molecule has 6 rings (SSSR count). The highest BCUT2D eigenvalue weighted by Crippen LogP contribution is 2.41.